The number of methoxy groups -OCH3 is 1. The van der Waals surface area contributed by atoms with Crippen molar-refractivity contribution in [2.45, 2.75) is 33.3 Å². The largest absolute Gasteiger partial charge is 0.497 e. The molecule has 0 aliphatic carbocycles. The molecule has 0 spiro atoms. The van der Waals surface area contributed by atoms with Gasteiger partial charge in [-0.15, -0.1) is 0 Å². The Morgan fingerprint density at radius 2 is 1.69 bits per heavy atom. The van der Waals surface area contributed by atoms with Gasteiger partial charge in [0.25, 0.3) is 0 Å². The smallest absolute Gasteiger partial charge is 0.136 e. The first kappa shape index (κ1) is 20.5. The van der Waals surface area contributed by atoms with Crippen LogP contribution in [0.4, 0.5) is 17.3 Å². The van der Waals surface area contributed by atoms with Gasteiger partial charge in [-0.25, -0.2) is 9.97 Å². The van der Waals surface area contributed by atoms with E-state index in [0.29, 0.717) is 5.82 Å². The van der Waals surface area contributed by atoms with Crippen LogP contribution in [0, 0.1) is 6.92 Å². The van der Waals surface area contributed by atoms with Gasteiger partial charge in [-0.3, -0.25) is 0 Å². The number of hydrogen-bond donors (Lipinski definition) is 2. The molecule has 3 rings (SSSR count). The second-order valence-corrected chi connectivity index (χ2v) is 7.03. The van der Waals surface area contributed by atoms with Gasteiger partial charge in [-0.05, 0) is 69.2 Å². The summed E-state index contributed by atoms with van der Waals surface area (Å²) in [5.41, 5.74) is 2.16. The van der Waals surface area contributed by atoms with Crippen LogP contribution in [0.3, 0.4) is 0 Å². The molecule has 0 unspecified atom stereocenters. The monoisotopic (exact) mass is 392 g/mol. The van der Waals surface area contributed by atoms with Crippen molar-refractivity contribution in [3.8, 4) is 11.5 Å². The van der Waals surface area contributed by atoms with Crippen molar-refractivity contribution in [3.05, 3.63) is 66.0 Å². The lowest BCUT2D eigenvalue weighted by molar-refractivity contribution is 0.242. The Labute approximate surface area is 172 Å². The quantitative estimate of drug-likeness (QED) is 0.535. The average Bonchev–Trinajstić information content (AvgIpc) is 2.69. The maximum atomic E-state index is 5.68. The molecule has 0 radical (unpaired) electrons. The van der Waals surface area contributed by atoms with Gasteiger partial charge in [0.15, 0.2) is 0 Å². The summed E-state index contributed by atoms with van der Waals surface area (Å²) in [5.74, 6) is 3.97. The van der Waals surface area contributed by atoms with Crippen LogP contribution in [0.5, 0.6) is 11.5 Å². The van der Waals surface area contributed by atoms with Gasteiger partial charge in [0.2, 0.25) is 0 Å². The van der Waals surface area contributed by atoms with Crippen LogP contribution in [0.15, 0.2) is 54.6 Å². The number of nitrogens with zero attached hydrogens (tertiary/aromatic N) is 2. The standard InChI is InChI=1S/C23H28N4O2/c1-16(2)29-20-10-8-19(9-11-20)27-23-15-22(25-17(3)26-23)24-13-12-18-6-5-7-21(14-18)28-4/h5-11,14-16H,12-13H2,1-4H3,(H2,24,25,26,27). The SMILES string of the molecule is COc1cccc(CCNc2cc(Nc3ccc(OC(C)C)cc3)nc(C)n2)c1. The van der Waals surface area contributed by atoms with Crippen LogP contribution >= 0.6 is 0 Å². The van der Waals surface area contributed by atoms with E-state index in [-0.39, 0.29) is 6.10 Å². The Kier molecular flexibility index (Phi) is 6.89. The topological polar surface area (TPSA) is 68.3 Å². The number of aromatic nitrogens is 2. The Balaban J connectivity index is 1.60. The molecule has 0 aliphatic heterocycles. The molecule has 2 aromatic carbocycles. The number of nitrogens with one attached hydrogen (secondary N) is 2. The minimum atomic E-state index is 0.156. The van der Waals surface area contributed by atoms with Crippen molar-refractivity contribution >= 4 is 17.3 Å². The zero-order valence-electron chi connectivity index (χ0n) is 17.4. The zero-order valence-corrected chi connectivity index (χ0v) is 17.4. The van der Waals surface area contributed by atoms with Gasteiger partial charge in [-0.1, -0.05) is 12.1 Å². The van der Waals surface area contributed by atoms with E-state index in [1.165, 1.54) is 5.56 Å². The van der Waals surface area contributed by atoms with E-state index in [9.17, 15) is 0 Å². The number of hydrogen-bond acceptors (Lipinski definition) is 6. The average molecular weight is 393 g/mol. The summed E-state index contributed by atoms with van der Waals surface area (Å²) in [5, 5.41) is 6.70. The fourth-order valence-electron chi connectivity index (χ4n) is 2.92. The first-order valence-corrected chi connectivity index (χ1v) is 9.78. The van der Waals surface area contributed by atoms with Crippen molar-refractivity contribution in [1.82, 2.24) is 9.97 Å². The van der Waals surface area contributed by atoms with E-state index < -0.39 is 0 Å². The van der Waals surface area contributed by atoms with E-state index in [0.717, 1.165) is 41.8 Å². The summed E-state index contributed by atoms with van der Waals surface area (Å²) >= 11 is 0. The maximum Gasteiger partial charge on any atom is 0.136 e. The highest BCUT2D eigenvalue weighted by Crippen LogP contribution is 2.21. The summed E-state index contributed by atoms with van der Waals surface area (Å²) < 4.78 is 11.0. The van der Waals surface area contributed by atoms with Crippen molar-refractivity contribution in [1.29, 1.82) is 0 Å². The molecule has 1 heterocycles. The first-order chi connectivity index (χ1) is 14.0. The summed E-state index contributed by atoms with van der Waals surface area (Å²) in [6, 6.07) is 17.9. The van der Waals surface area contributed by atoms with Gasteiger partial charge in [0, 0.05) is 18.3 Å². The molecular formula is C23H28N4O2. The lowest BCUT2D eigenvalue weighted by atomic mass is 10.1. The molecule has 0 saturated heterocycles. The van der Waals surface area contributed by atoms with Crippen LogP contribution < -0.4 is 20.1 Å². The van der Waals surface area contributed by atoms with Crippen LogP contribution in [0.2, 0.25) is 0 Å². The minimum Gasteiger partial charge on any atom is -0.497 e. The second kappa shape index (κ2) is 9.78. The normalized spacial score (nSPS) is 10.7. The molecule has 0 fully saturated rings. The highest BCUT2D eigenvalue weighted by atomic mass is 16.5. The van der Waals surface area contributed by atoms with Gasteiger partial charge < -0.3 is 20.1 Å². The molecule has 0 atom stereocenters. The second-order valence-electron chi connectivity index (χ2n) is 7.03. The Hall–Kier alpha value is -3.28. The molecule has 1 aromatic heterocycles. The fraction of sp³-hybridized carbons (Fsp3) is 0.304. The van der Waals surface area contributed by atoms with Crippen LogP contribution in [-0.2, 0) is 6.42 Å². The summed E-state index contributed by atoms with van der Waals surface area (Å²) in [6.45, 7) is 6.68. The van der Waals surface area contributed by atoms with E-state index in [1.807, 2.05) is 69.3 Å². The van der Waals surface area contributed by atoms with E-state index >= 15 is 0 Å². The van der Waals surface area contributed by atoms with E-state index in [4.69, 9.17) is 9.47 Å². The first-order valence-electron chi connectivity index (χ1n) is 9.78. The fourth-order valence-corrected chi connectivity index (χ4v) is 2.92. The number of benzene rings is 2. The number of ether oxygens (including phenoxy) is 2. The molecule has 0 saturated carbocycles. The van der Waals surface area contributed by atoms with Crippen molar-refractivity contribution in [2.24, 2.45) is 0 Å². The van der Waals surface area contributed by atoms with E-state index in [2.05, 4.69) is 26.7 Å². The molecule has 3 aromatic rings. The minimum absolute atomic E-state index is 0.156. The maximum absolute atomic E-state index is 5.68. The molecule has 6 heteroatoms. The van der Waals surface area contributed by atoms with Gasteiger partial charge in [0.05, 0.1) is 13.2 Å². The Morgan fingerprint density at radius 3 is 2.41 bits per heavy atom. The summed E-state index contributed by atoms with van der Waals surface area (Å²) in [6.07, 6.45) is 1.03. The van der Waals surface area contributed by atoms with Crippen LogP contribution in [0.25, 0.3) is 0 Å². The molecule has 0 bridgehead atoms. The molecule has 2 N–H and O–H groups in total. The molecule has 0 amide bonds. The van der Waals surface area contributed by atoms with Crippen LogP contribution in [-0.4, -0.2) is 29.7 Å². The summed E-state index contributed by atoms with van der Waals surface area (Å²) in [7, 11) is 1.68. The van der Waals surface area contributed by atoms with Gasteiger partial charge in [0.1, 0.15) is 29.0 Å². The third kappa shape index (κ3) is 6.38. The highest BCUT2D eigenvalue weighted by molar-refractivity contribution is 5.60. The molecule has 152 valence electrons. The lowest BCUT2D eigenvalue weighted by Gasteiger charge is -2.12. The summed E-state index contributed by atoms with van der Waals surface area (Å²) in [4.78, 5) is 8.96. The Bertz CT molecular complexity index is 926. The van der Waals surface area contributed by atoms with Gasteiger partial charge >= 0.3 is 0 Å². The third-order valence-electron chi connectivity index (χ3n) is 4.19. The third-order valence-corrected chi connectivity index (χ3v) is 4.19. The van der Waals surface area contributed by atoms with Crippen molar-refractivity contribution in [2.75, 3.05) is 24.3 Å². The molecule has 6 nitrogen and oxygen atoms in total. The van der Waals surface area contributed by atoms with E-state index in [1.54, 1.807) is 7.11 Å². The zero-order chi connectivity index (χ0) is 20.6. The molecule has 0 aliphatic rings. The predicted octanol–water partition coefficient (Wildman–Crippen LogP) is 4.98. The molecular weight excluding hydrogens is 364 g/mol. The van der Waals surface area contributed by atoms with Crippen molar-refractivity contribution < 1.29 is 9.47 Å². The lowest BCUT2D eigenvalue weighted by Crippen LogP contribution is -2.08. The number of rotatable bonds is 9. The number of anilines is 3. The molecule has 29 heavy (non-hydrogen) atoms. The van der Waals surface area contributed by atoms with Crippen LogP contribution in [0.1, 0.15) is 25.2 Å². The van der Waals surface area contributed by atoms with Gasteiger partial charge in [-0.2, -0.15) is 0 Å². The van der Waals surface area contributed by atoms with Crippen molar-refractivity contribution in [3.63, 3.8) is 0 Å². The number of aryl methyl sites for hydroxylation is 1. The highest BCUT2D eigenvalue weighted by Gasteiger charge is 2.04. The Morgan fingerprint density at radius 1 is 0.931 bits per heavy atom. The predicted molar refractivity (Wildman–Crippen MR) is 117 cm³/mol.